The average Bonchev–Trinajstić information content (AvgIpc) is 2.96. The molecule has 0 unspecified atom stereocenters. The Balaban J connectivity index is 2.33. The first-order valence-electron chi connectivity index (χ1n) is 6.30. The highest BCUT2D eigenvalue weighted by atomic mass is 19.1. The molecule has 0 aliphatic carbocycles. The van der Waals surface area contributed by atoms with Crippen molar-refractivity contribution < 1.29 is 9.13 Å². The van der Waals surface area contributed by atoms with E-state index in [1.54, 1.807) is 25.4 Å². The zero-order chi connectivity index (χ0) is 13.7. The number of hydrogen-bond donors (Lipinski definition) is 0. The van der Waals surface area contributed by atoms with E-state index in [4.69, 9.17) is 4.74 Å². The van der Waals surface area contributed by atoms with E-state index in [2.05, 4.69) is 5.10 Å². The summed E-state index contributed by atoms with van der Waals surface area (Å²) in [5, 5.41) is 7.13. The Kier molecular flexibility index (Phi) is 2.21. The third-order valence-corrected chi connectivity index (χ3v) is 3.62. The van der Waals surface area contributed by atoms with Crippen LogP contribution in [-0.2, 0) is 0 Å². The molecule has 0 N–H and O–H groups in total. The molecule has 0 atom stereocenters. The van der Waals surface area contributed by atoms with Gasteiger partial charge in [-0.15, -0.1) is 0 Å². The van der Waals surface area contributed by atoms with E-state index in [1.165, 1.54) is 6.07 Å². The fraction of sp³-hybridized carbons (Fsp3) is 0.0625. The molecule has 98 valence electrons. The lowest BCUT2D eigenvalue weighted by Gasteiger charge is -2.09. The number of fused-ring (bicyclic) bond motifs is 6. The normalized spacial score (nSPS) is 11.5. The van der Waals surface area contributed by atoms with Gasteiger partial charge < -0.3 is 4.74 Å². The van der Waals surface area contributed by atoms with Crippen LogP contribution in [0.4, 0.5) is 4.39 Å². The van der Waals surface area contributed by atoms with E-state index in [0.29, 0.717) is 0 Å². The van der Waals surface area contributed by atoms with Crippen molar-refractivity contribution >= 4 is 27.2 Å². The summed E-state index contributed by atoms with van der Waals surface area (Å²) in [6.07, 6.45) is 1.75. The summed E-state index contributed by atoms with van der Waals surface area (Å²) in [4.78, 5) is 0. The van der Waals surface area contributed by atoms with E-state index < -0.39 is 0 Å². The molecular weight excluding hydrogens is 255 g/mol. The number of hydrogen-bond acceptors (Lipinski definition) is 2. The third kappa shape index (κ3) is 1.42. The van der Waals surface area contributed by atoms with Gasteiger partial charge in [-0.1, -0.05) is 0 Å². The van der Waals surface area contributed by atoms with Crippen LogP contribution in [0.25, 0.3) is 27.2 Å². The quantitative estimate of drug-likeness (QED) is 0.490. The van der Waals surface area contributed by atoms with Crippen molar-refractivity contribution in [2.75, 3.05) is 7.11 Å². The van der Waals surface area contributed by atoms with E-state index >= 15 is 0 Å². The largest absolute Gasteiger partial charge is 0.497 e. The zero-order valence-corrected chi connectivity index (χ0v) is 10.8. The van der Waals surface area contributed by atoms with Crippen LogP contribution in [-0.4, -0.2) is 16.7 Å². The maximum atomic E-state index is 13.6. The molecule has 0 aliphatic rings. The van der Waals surface area contributed by atoms with Crippen LogP contribution in [0.3, 0.4) is 0 Å². The SMILES string of the molecule is COc1ccc2c(c1)c1cc(F)ccc1c1ccnn12. The van der Waals surface area contributed by atoms with Gasteiger partial charge in [0.05, 0.1) is 24.3 Å². The van der Waals surface area contributed by atoms with Gasteiger partial charge in [-0.25, -0.2) is 8.91 Å². The van der Waals surface area contributed by atoms with Crippen LogP contribution in [0.1, 0.15) is 0 Å². The van der Waals surface area contributed by atoms with Crippen LogP contribution in [0.15, 0.2) is 48.7 Å². The summed E-state index contributed by atoms with van der Waals surface area (Å²) in [5.41, 5.74) is 1.90. The number of aromatic nitrogens is 2. The lowest BCUT2D eigenvalue weighted by Crippen LogP contribution is -1.93. The fourth-order valence-electron chi connectivity index (χ4n) is 2.70. The summed E-state index contributed by atoms with van der Waals surface area (Å²) >= 11 is 0. The Bertz CT molecular complexity index is 959. The van der Waals surface area contributed by atoms with Gasteiger partial charge in [0.2, 0.25) is 0 Å². The zero-order valence-electron chi connectivity index (χ0n) is 10.8. The highest BCUT2D eigenvalue weighted by Crippen LogP contribution is 2.31. The summed E-state index contributed by atoms with van der Waals surface area (Å²) in [6.45, 7) is 0. The van der Waals surface area contributed by atoms with Gasteiger partial charge in [0.1, 0.15) is 11.6 Å². The van der Waals surface area contributed by atoms with Crippen molar-refractivity contribution in [1.82, 2.24) is 9.61 Å². The molecule has 2 aromatic heterocycles. The molecule has 20 heavy (non-hydrogen) atoms. The second-order valence-electron chi connectivity index (χ2n) is 4.70. The van der Waals surface area contributed by atoms with Crippen LogP contribution >= 0.6 is 0 Å². The van der Waals surface area contributed by atoms with Crippen LogP contribution < -0.4 is 4.74 Å². The van der Waals surface area contributed by atoms with Crippen LogP contribution in [0.5, 0.6) is 5.75 Å². The Morgan fingerprint density at radius 2 is 1.80 bits per heavy atom. The molecule has 4 heteroatoms. The van der Waals surface area contributed by atoms with Crippen molar-refractivity contribution in [3.63, 3.8) is 0 Å². The molecule has 0 aliphatic heterocycles. The minimum Gasteiger partial charge on any atom is -0.497 e. The Morgan fingerprint density at radius 3 is 2.65 bits per heavy atom. The molecule has 2 aromatic carbocycles. The second kappa shape index (κ2) is 3.93. The molecule has 0 bridgehead atoms. The lowest BCUT2D eigenvalue weighted by atomic mass is 10.0. The maximum Gasteiger partial charge on any atom is 0.123 e. The van der Waals surface area contributed by atoms with Gasteiger partial charge in [0.25, 0.3) is 0 Å². The highest BCUT2D eigenvalue weighted by molar-refractivity contribution is 6.12. The number of rotatable bonds is 1. The molecule has 0 amide bonds. The molecule has 0 radical (unpaired) electrons. The summed E-state index contributed by atoms with van der Waals surface area (Å²) in [5.74, 6) is 0.500. The van der Waals surface area contributed by atoms with E-state index in [9.17, 15) is 4.39 Å². The Morgan fingerprint density at radius 1 is 0.950 bits per heavy atom. The van der Waals surface area contributed by atoms with Gasteiger partial charge in [-0.2, -0.15) is 5.10 Å². The first-order chi connectivity index (χ1) is 9.78. The van der Waals surface area contributed by atoms with Crippen molar-refractivity contribution in [2.45, 2.75) is 0 Å². The Hall–Kier alpha value is -2.62. The van der Waals surface area contributed by atoms with Crippen molar-refractivity contribution in [3.8, 4) is 5.75 Å². The third-order valence-electron chi connectivity index (χ3n) is 3.62. The molecule has 0 saturated heterocycles. The summed E-state index contributed by atoms with van der Waals surface area (Å²) < 4.78 is 20.8. The topological polar surface area (TPSA) is 26.5 Å². The second-order valence-corrected chi connectivity index (χ2v) is 4.70. The molecular formula is C16H11FN2O. The molecule has 0 spiro atoms. The number of halogens is 1. The average molecular weight is 266 g/mol. The molecule has 4 aromatic rings. The van der Waals surface area contributed by atoms with Gasteiger partial charge in [0, 0.05) is 10.8 Å². The van der Waals surface area contributed by atoms with Gasteiger partial charge in [-0.05, 0) is 47.9 Å². The van der Waals surface area contributed by atoms with Crippen molar-refractivity contribution in [2.24, 2.45) is 0 Å². The smallest absolute Gasteiger partial charge is 0.123 e. The molecule has 4 rings (SSSR count). The number of nitrogens with zero attached hydrogens (tertiary/aromatic N) is 2. The molecule has 2 heterocycles. The standard InChI is InChI=1S/C16H11FN2O/c1-20-11-3-5-15-14(9-11)13-8-10(17)2-4-12(13)16-6-7-18-19(15)16/h2-9H,1H3. The van der Waals surface area contributed by atoms with Crippen molar-refractivity contribution in [3.05, 3.63) is 54.5 Å². The highest BCUT2D eigenvalue weighted by Gasteiger charge is 2.10. The monoisotopic (exact) mass is 266 g/mol. The summed E-state index contributed by atoms with van der Waals surface area (Å²) in [7, 11) is 1.62. The lowest BCUT2D eigenvalue weighted by molar-refractivity contribution is 0.415. The minimum atomic E-state index is -0.245. The van der Waals surface area contributed by atoms with E-state index in [1.807, 2.05) is 28.8 Å². The predicted octanol–water partition coefficient (Wildman–Crippen LogP) is 3.79. The first-order valence-corrected chi connectivity index (χ1v) is 6.30. The fourth-order valence-corrected chi connectivity index (χ4v) is 2.70. The number of methoxy groups -OCH3 is 1. The summed E-state index contributed by atoms with van der Waals surface area (Å²) in [6, 6.07) is 12.5. The van der Waals surface area contributed by atoms with Crippen LogP contribution in [0.2, 0.25) is 0 Å². The minimum absolute atomic E-state index is 0.245. The Labute approximate surface area is 114 Å². The van der Waals surface area contributed by atoms with Gasteiger partial charge >= 0.3 is 0 Å². The molecule has 0 fully saturated rings. The van der Waals surface area contributed by atoms with Gasteiger partial charge in [-0.3, -0.25) is 0 Å². The molecule has 3 nitrogen and oxygen atoms in total. The number of pyridine rings is 1. The van der Waals surface area contributed by atoms with Crippen molar-refractivity contribution in [1.29, 1.82) is 0 Å². The van der Waals surface area contributed by atoms with Gasteiger partial charge in [0.15, 0.2) is 0 Å². The molecule has 0 saturated carbocycles. The van der Waals surface area contributed by atoms with Crippen LogP contribution in [0, 0.1) is 5.82 Å². The van der Waals surface area contributed by atoms with E-state index in [0.717, 1.165) is 32.9 Å². The number of benzene rings is 2. The number of ether oxygens (including phenoxy) is 1. The predicted molar refractivity (Wildman–Crippen MR) is 76.7 cm³/mol. The maximum absolute atomic E-state index is 13.6. The first kappa shape index (κ1) is 11.2. The van der Waals surface area contributed by atoms with E-state index in [-0.39, 0.29) is 5.82 Å².